The first-order chi connectivity index (χ1) is 28.1. The van der Waals surface area contributed by atoms with Crippen molar-refractivity contribution in [2.75, 3.05) is 47.0 Å². The highest BCUT2D eigenvalue weighted by Crippen LogP contribution is 2.64. The van der Waals surface area contributed by atoms with E-state index in [4.69, 9.17) is 33.2 Å². The lowest BCUT2D eigenvalue weighted by atomic mass is 9.71. The number of rotatable bonds is 3. The van der Waals surface area contributed by atoms with Crippen molar-refractivity contribution in [1.82, 2.24) is 15.1 Å². The second kappa shape index (κ2) is 14.0. The van der Waals surface area contributed by atoms with E-state index in [9.17, 15) is 25.1 Å². The summed E-state index contributed by atoms with van der Waals surface area (Å²) < 4.78 is 41.1. The summed E-state index contributed by atoms with van der Waals surface area (Å²) in [5.74, 6) is 1.30. The number of fused-ring (bicyclic) bond motifs is 9. The molecule has 3 N–H and O–H groups in total. The fourth-order valence-electron chi connectivity index (χ4n) is 10.4. The number of phenols is 2. The summed E-state index contributed by atoms with van der Waals surface area (Å²) in [4.78, 5) is 32.0. The van der Waals surface area contributed by atoms with Crippen LogP contribution in [0, 0.1) is 25.2 Å². The van der Waals surface area contributed by atoms with Crippen LogP contribution >= 0.6 is 11.8 Å². The van der Waals surface area contributed by atoms with Gasteiger partial charge in [0.2, 0.25) is 6.79 Å². The number of benzene rings is 3. The van der Waals surface area contributed by atoms with E-state index in [2.05, 4.69) is 21.2 Å². The number of thioether (sulfide) groups is 1. The number of hydrogen-bond donors (Lipinski definition) is 3. The molecule has 2 fully saturated rings. The predicted octanol–water partition coefficient (Wildman–Crippen LogP) is 5.38. The van der Waals surface area contributed by atoms with Crippen molar-refractivity contribution in [3.63, 3.8) is 0 Å². The number of phenolic OH excluding ortho intramolecular Hbond substituents is 2. The number of ether oxygens (including phenoxy) is 7. The number of carbonyl (C=O) groups excluding carboxylic acids is 2. The van der Waals surface area contributed by atoms with Gasteiger partial charge in [-0.1, -0.05) is 6.07 Å². The number of esters is 1. The number of nitriles is 1. The Kier molecular flexibility index (Phi) is 9.35. The molecule has 4 bridgehead atoms. The Morgan fingerprint density at radius 2 is 1.78 bits per heavy atom. The van der Waals surface area contributed by atoms with Gasteiger partial charge in [0, 0.05) is 46.6 Å². The number of nitrogens with zero attached hydrogens (tertiary/aromatic N) is 3. The third kappa shape index (κ3) is 5.79. The molecule has 0 aliphatic carbocycles. The Bertz CT molecular complexity index is 2340. The zero-order valence-corrected chi connectivity index (χ0v) is 35.1. The maximum atomic E-state index is 14.9. The smallest absolute Gasteiger partial charge is 0.507 e. The summed E-state index contributed by atoms with van der Waals surface area (Å²) in [5.41, 5.74) is 3.33. The van der Waals surface area contributed by atoms with E-state index >= 15 is 0 Å². The van der Waals surface area contributed by atoms with Crippen molar-refractivity contribution < 1.29 is 53.0 Å². The van der Waals surface area contributed by atoms with Crippen LogP contribution in [0.2, 0.25) is 0 Å². The van der Waals surface area contributed by atoms with Gasteiger partial charge in [-0.25, -0.2) is 9.59 Å². The van der Waals surface area contributed by atoms with Crippen molar-refractivity contribution in [2.45, 2.75) is 94.1 Å². The van der Waals surface area contributed by atoms with Gasteiger partial charge in [-0.05, 0) is 88.9 Å². The second-order valence-corrected chi connectivity index (χ2v) is 18.2. The number of aryl methyl sites for hydroxylation is 1. The first kappa shape index (κ1) is 39.4. The summed E-state index contributed by atoms with van der Waals surface area (Å²) in [5, 5.41) is 38.4. The van der Waals surface area contributed by atoms with Gasteiger partial charge < -0.3 is 43.4 Å². The van der Waals surface area contributed by atoms with Crippen LogP contribution in [0.3, 0.4) is 0 Å². The molecule has 2 saturated heterocycles. The maximum Gasteiger partial charge on any atom is 0.514 e. The van der Waals surface area contributed by atoms with Crippen molar-refractivity contribution in [3.05, 3.63) is 62.7 Å². The second-order valence-electron chi connectivity index (χ2n) is 17.1. The van der Waals surface area contributed by atoms with Gasteiger partial charge in [-0.15, -0.1) is 11.8 Å². The minimum Gasteiger partial charge on any atom is -0.507 e. The maximum absolute atomic E-state index is 14.9. The first-order valence-corrected chi connectivity index (χ1v) is 20.8. The highest BCUT2D eigenvalue weighted by molar-refractivity contribution is 7.99. The van der Waals surface area contributed by atoms with Crippen LogP contribution in [0.5, 0.6) is 40.2 Å². The number of nitrogens with one attached hydrogen (secondary N) is 1. The van der Waals surface area contributed by atoms with Gasteiger partial charge in [0.15, 0.2) is 40.0 Å². The van der Waals surface area contributed by atoms with Gasteiger partial charge in [0.25, 0.3) is 0 Å². The number of carbonyl (C=O) groups is 2. The standard InChI is InChI=1S/C43H48N4O11S/c1-19-11-22-12-24-25(15-44)47-26-16-54-40(50)43(23-14-27(52-7)28(13-21(23)9-10-45-43)57-41(51)58-42(3,4)5)17-59-39(31-30(26)38-37(55-18-56-38)20(2)34(31)48)33(47)32(46(24)6)29(22)35(49)36(19)53-8/h11,13-14,24-26,32-33,39,45,48-49H,9-10,12,16-18H2,1-8H3/t24-,25+,26-,32-,33?,39-,43-/m1/s1. The van der Waals surface area contributed by atoms with Crippen molar-refractivity contribution >= 4 is 23.9 Å². The van der Waals surface area contributed by atoms with E-state index < -0.39 is 52.7 Å². The van der Waals surface area contributed by atoms with Gasteiger partial charge >= 0.3 is 12.1 Å². The molecule has 0 aromatic heterocycles. The summed E-state index contributed by atoms with van der Waals surface area (Å²) in [6.07, 6.45) is 0.108. The van der Waals surface area contributed by atoms with E-state index in [0.717, 1.165) is 16.7 Å². The van der Waals surface area contributed by atoms with E-state index in [0.29, 0.717) is 64.5 Å². The lowest BCUT2D eigenvalue weighted by Crippen LogP contribution is -2.69. The van der Waals surface area contributed by atoms with Crippen LogP contribution in [-0.4, -0.2) is 103 Å². The normalized spacial score (nSPS) is 28.0. The molecule has 3 aromatic carbocycles. The molecule has 7 aliphatic heterocycles. The van der Waals surface area contributed by atoms with Crippen LogP contribution < -0.4 is 29.0 Å². The number of likely N-dealkylation sites (N-methyl/N-ethyl adjacent to an activating group) is 1. The van der Waals surface area contributed by atoms with Crippen molar-refractivity contribution in [1.29, 1.82) is 5.26 Å². The van der Waals surface area contributed by atoms with E-state index in [1.807, 2.05) is 20.0 Å². The quantitative estimate of drug-likeness (QED) is 0.226. The highest BCUT2D eigenvalue weighted by atomic mass is 32.2. The zero-order valence-electron chi connectivity index (χ0n) is 34.3. The lowest BCUT2D eigenvalue weighted by molar-refractivity contribution is -0.157. The molecule has 7 atom stereocenters. The fourth-order valence-corrected chi connectivity index (χ4v) is 12.0. The van der Waals surface area contributed by atoms with Gasteiger partial charge in [0.05, 0.1) is 37.6 Å². The average Bonchev–Trinajstić information content (AvgIpc) is 3.68. The Labute approximate surface area is 346 Å². The zero-order chi connectivity index (χ0) is 41.9. The molecule has 3 aromatic rings. The van der Waals surface area contributed by atoms with Crippen molar-refractivity contribution in [3.8, 4) is 46.3 Å². The molecule has 1 spiro atoms. The molecule has 59 heavy (non-hydrogen) atoms. The van der Waals surface area contributed by atoms with E-state index in [1.54, 1.807) is 39.8 Å². The third-order valence-electron chi connectivity index (χ3n) is 12.8. The lowest BCUT2D eigenvalue weighted by Gasteiger charge is -2.62. The largest absolute Gasteiger partial charge is 0.514 e. The fraction of sp³-hybridized carbons (Fsp3) is 0.512. The van der Waals surface area contributed by atoms with Crippen LogP contribution in [-0.2, 0) is 32.6 Å². The number of piperazine rings is 1. The molecule has 16 heteroatoms. The molecule has 15 nitrogen and oxygen atoms in total. The van der Waals surface area contributed by atoms with Crippen molar-refractivity contribution in [2.24, 2.45) is 0 Å². The summed E-state index contributed by atoms with van der Waals surface area (Å²) in [7, 11) is 4.98. The molecular formula is C43H48N4O11S. The number of aromatic hydroxyl groups is 2. The van der Waals surface area contributed by atoms with Crippen LogP contribution in [0.15, 0.2) is 18.2 Å². The topological polar surface area (TPSA) is 182 Å². The summed E-state index contributed by atoms with van der Waals surface area (Å²) in [6.45, 7) is 9.07. The van der Waals surface area contributed by atoms with Gasteiger partial charge in [-0.2, -0.15) is 5.26 Å². The Hall–Kier alpha value is -5.08. The third-order valence-corrected chi connectivity index (χ3v) is 14.3. The van der Waals surface area contributed by atoms with Crippen LogP contribution in [0.1, 0.15) is 82.6 Å². The Morgan fingerprint density at radius 3 is 2.49 bits per heavy atom. The minimum absolute atomic E-state index is 0.0370. The summed E-state index contributed by atoms with van der Waals surface area (Å²) in [6, 6.07) is 5.34. The number of methoxy groups -OCH3 is 2. The average molecular weight is 829 g/mol. The first-order valence-electron chi connectivity index (χ1n) is 19.7. The molecule has 0 saturated carbocycles. The number of hydrogen-bond acceptors (Lipinski definition) is 16. The van der Waals surface area contributed by atoms with Crippen LogP contribution in [0.4, 0.5) is 4.79 Å². The molecule has 1 unspecified atom stereocenters. The molecule has 0 radical (unpaired) electrons. The summed E-state index contributed by atoms with van der Waals surface area (Å²) >= 11 is 1.46. The monoisotopic (exact) mass is 828 g/mol. The molecular weight excluding hydrogens is 781 g/mol. The minimum atomic E-state index is -1.41. The van der Waals surface area contributed by atoms with E-state index in [1.165, 1.54) is 26.0 Å². The molecule has 10 rings (SSSR count). The molecule has 312 valence electrons. The SMILES string of the molecule is COc1cc2c(cc1OC(=O)OC(C)(C)C)CCN[C@]21CS[C@@H]2c3c(O)c(C)c4c(c3[C@@H](COC1=O)N1C2[C@H]2c3c(cc(C)c(OC)c3O)C[C@H]([C@@H]1C#N)N2C)OCO4. The van der Waals surface area contributed by atoms with Gasteiger partial charge in [0.1, 0.15) is 24.0 Å². The highest BCUT2D eigenvalue weighted by Gasteiger charge is 2.61. The molecule has 7 aliphatic rings. The Morgan fingerprint density at radius 1 is 1.02 bits per heavy atom. The Balaban J connectivity index is 1.24. The molecule has 7 heterocycles. The predicted molar refractivity (Wildman–Crippen MR) is 214 cm³/mol. The van der Waals surface area contributed by atoms with Gasteiger partial charge in [-0.3, -0.25) is 15.1 Å². The van der Waals surface area contributed by atoms with Crippen LogP contribution in [0.25, 0.3) is 0 Å². The molecule has 0 amide bonds. The van der Waals surface area contributed by atoms with E-state index in [-0.39, 0.29) is 48.2 Å².